The fourth-order valence-corrected chi connectivity index (χ4v) is 2.33. The van der Waals surface area contributed by atoms with E-state index in [1.54, 1.807) is 24.3 Å². The highest BCUT2D eigenvalue weighted by atomic mass is 32.2. The third kappa shape index (κ3) is 3.53. The molecule has 0 aliphatic heterocycles. The number of hydrogen-bond acceptors (Lipinski definition) is 4. The van der Waals surface area contributed by atoms with Crippen LogP contribution in [0.5, 0.6) is 0 Å². The number of carboxylic acid groups (broad SMARTS) is 1. The molecule has 0 amide bonds. The highest BCUT2D eigenvalue weighted by Crippen LogP contribution is 2.27. The lowest BCUT2D eigenvalue weighted by molar-refractivity contribution is -0.139. The van der Waals surface area contributed by atoms with Crippen molar-refractivity contribution in [3.8, 4) is 0 Å². The maximum atomic E-state index is 10.8. The second-order valence-corrected chi connectivity index (χ2v) is 5.82. The molecule has 0 fully saturated rings. The summed E-state index contributed by atoms with van der Waals surface area (Å²) >= 11 is 1.56. The first-order valence-corrected chi connectivity index (χ1v) is 6.00. The molecule has 1 heterocycles. The predicted octanol–water partition coefficient (Wildman–Crippen LogP) is 0.807. The second-order valence-electron chi connectivity index (χ2n) is 4.07. The highest BCUT2D eigenvalue weighted by molar-refractivity contribution is 8.00. The summed E-state index contributed by atoms with van der Waals surface area (Å²) < 4.78 is 1.49. The first-order chi connectivity index (χ1) is 7.43. The Labute approximate surface area is 99.0 Å². The van der Waals surface area contributed by atoms with Crippen molar-refractivity contribution in [2.24, 2.45) is 5.73 Å². The molecular formula is C10H17N3O2S. The van der Waals surface area contributed by atoms with E-state index in [2.05, 4.69) is 4.98 Å². The summed E-state index contributed by atoms with van der Waals surface area (Å²) in [6.45, 7) is 4.51. The van der Waals surface area contributed by atoms with Gasteiger partial charge in [-0.2, -0.15) is 11.8 Å². The molecule has 3 N–H and O–H groups in total. The van der Waals surface area contributed by atoms with Gasteiger partial charge in [0.1, 0.15) is 6.04 Å². The van der Waals surface area contributed by atoms with Crippen molar-refractivity contribution in [2.75, 3.05) is 5.75 Å². The Balaban J connectivity index is 2.39. The van der Waals surface area contributed by atoms with Gasteiger partial charge in [-0.3, -0.25) is 4.79 Å². The zero-order chi connectivity index (χ0) is 12.2. The van der Waals surface area contributed by atoms with Crippen molar-refractivity contribution >= 4 is 17.7 Å². The normalized spacial score (nSPS) is 13.7. The lowest BCUT2D eigenvalue weighted by Crippen LogP contribution is -2.47. The number of carboxylic acids is 1. The number of hydrogen-bond donors (Lipinski definition) is 2. The van der Waals surface area contributed by atoms with Crippen LogP contribution in [0.15, 0.2) is 18.7 Å². The second kappa shape index (κ2) is 5.36. The fourth-order valence-electron chi connectivity index (χ4n) is 1.22. The van der Waals surface area contributed by atoms with Crippen LogP contribution in [-0.2, 0) is 11.3 Å². The van der Waals surface area contributed by atoms with Crippen LogP contribution in [0.25, 0.3) is 0 Å². The third-order valence-electron chi connectivity index (χ3n) is 2.40. The van der Waals surface area contributed by atoms with Crippen LogP contribution >= 0.6 is 11.8 Å². The zero-order valence-electron chi connectivity index (χ0n) is 9.46. The van der Waals surface area contributed by atoms with Crippen molar-refractivity contribution in [1.29, 1.82) is 0 Å². The molecule has 0 aromatic carbocycles. The summed E-state index contributed by atoms with van der Waals surface area (Å²) in [6.07, 6.45) is 5.34. The molecule has 6 heteroatoms. The number of aryl methyl sites for hydroxylation is 1. The first kappa shape index (κ1) is 13.1. The SMILES string of the molecule is CC(C)(SCCn1ccnc1)[C@@H](N)C(=O)O. The number of imidazole rings is 1. The Kier molecular flexibility index (Phi) is 4.37. The van der Waals surface area contributed by atoms with Crippen LogP contribution in [0.2, 0.25) is 0 Å². The molecule has 0 spiro atoms. The van der Waals surface area contributed by atoms with Gasteiger partial charge in [0.05, 0.1) is 6.33 Å². The van der Waals surface area contributed by atoms with Gasteiger partial charge in [-0.15, -0.1) is 0 Å². The Morgan fingerprint density at radius 3 is 2.88 bits per heavy atom. The van der Waals surface area contributed by atoms with Gasteiger partial charge in [-0.1, -0.05) is 0 Å². The Hall–Kier alpha value is -1.01. The molecule has 0 saturated heterocycles. The topological polar surface area (TPSA) is 81.1 Å². The van der Waals surface area contributed by atoms with Crippen LogP contribution in [-0.4, -0.2) is 37.2 Å². The summed E-state index contributed by atoms with van der Waals surface area (Å²) in [7, 11) is 0. The highest BCUT2D eigenvalue weighted by Gasteiger charge is 2.32. The van der Waals surface area contributed by atoms with E-state index in [1.165, 1.54) is 0 Å². The molecule has 0 aliphatic rings. The van der Waals surface area contributed by atoms with E-state index in [1.807, 2.05) is 24.6 Å². The number of nitrogens with two attached hydrogens (primary N) is 1. The molecule has 90 valence electrons. The van der Waals surface area contributed by atoms with Crippen molar-refractivity contribution in [2.45, 2.75) is 31.2 Å². The van der Waals surface area contributed by atoms with Crippen LogP contribution in [0, 0.1) is 0 Å². The standard InChI is InChI=1S/C10H17N3O2S/c1-10(2,8(11)9(14)15)16-6-5-13-4-3-12-7-13/h3-4,7-8H,5-6,11H2,1-2H3,(H,14,15)/t8-/m0/s1. The van der Waals surface area contributed by atoms with Crippen molar-refractivity contribution in [3.63, 3.8) is 0 Å². The number of aromatic nitrogens is 2. The van der Waals surface area contributed by atoms with Gasteiger partial charge < -0.3 is 15.4 Å². The molecule has 0 unspecified atom stereocenters. The van der Waals surface area contributed by atoms with E-state index in [-0.39, 0.29) is 0 Å². The molecule has 1 aromatic rings. The Morgan fingerprint density at radius 1 is 1.69 bits per heavy atom. The largest absolute Gasteiger partial charge is 0.480 e. The number of nitrogens with zero attached hydrogens (tertiary/aromatic N) is 2. The average molecular weight is 243 g/mol. The summed E-state index contributed by atoms with van der Waals surface area (Å²) in [5.41, 5.74) is 5.61. The molecule has 0 aliphatic carbocycles. The third-order valence-corrected chi connectivity index (χ3v) is 3.78. The summed E-state index contributed by atoms with van der Waals surface area (Å²) in [5.74, 6) is -0.148. The van der Waals surface area contributed by atoms with Gasteiger partial charge in [0.2, 0.25) is 0 Å². The van der Waals surface area contributed by atoms with Crippen LogP contribution in [0.4, 0.5) is 0 Å². The minimum absolute atomic E-state index is 0.466. The van der Waals surface area contributed by atoms with E-state index >= 15 is 0 Å². The molecular weight excluding hydrogens is 226 g/mol. The van der Waals surface area contributed by atoms with Gasteiger partial charge in [-0.05, 0) is 13.8 Å². The van der Waals surface area contributed by atoms with E-state index in [0.717, 1.165) is 12.3 Å². The van der Waals surface area contributed by atoms with Crippen LogP contribution in [0.1, 0.15) is 13.8 Å². The van der Waals surface area contributed by atoms with Gasteiger partial charge in [0, 0.05) is 29.4 Å². The molecule has 1 atom stereocenters. The smallest absolute Gasteiger partial charge is 0.321 e. The molecule has 0 radical (unpaired) electrons. The first-order valence-electron chi connectivity index (χ1n) is 5.01. The zero-order valence-corrected chi connectivity index (χ0v) is 10.3. The molecule has 1 rings (SSSR count). The van der Waals surface area contributed by atoms with Crippen molar-refractivity contribution in [3.05, 3.63) is 18.7 Å². The van der Waals surface area contributed by atoms with Crippen LogP contribution < -0.4 is 5.73 Å². The fraction of sp³-hybridized carbons (Fsp3) is 0.600. The monoisotopic (exact) mass is 243 g/mol. The van der Waals surface area contributed by atoms with E-state index in [9.17, 15) is 4.79 Å². The minimum atomic E-state index is -0.958. The molecule has 16 heavy (non-hydrogen) atoms. The number of thioether (sulfide) groups is 1. The van der Waals surface area contributed by atoms with Gasteiger partial charge >= 0.3 is 5.97 Å². The summed E-state index contributed by atoms with van der Waals surface area (Å²) in [4.78, 5) is 14.7. The minimum Gasteiger partial charge on any atom is -0.480 e. The predicted molar refractivity (Wildman–Crippen MR) is 64.4 cm³/mol. The summed E-state index contributed by atoms with van der Waals surface area (Å²) in [5, 5.41) is 8.85. The maximum Gasteiger partial charge on any atom is 0.321 e. The lowest BCUT2D eigenvalue weighted by Gasteiger charge is -2.27. The van der Waals surface area contributed by atoms with Crippen LogP contribution in [0.3, 0.4) is 0 Å². The van der Waals surface area contributed by atoms with Crippen molar-refractivity contribution in [1.82, 2.24) is 9.55 Å². The molecule has 1 aromatic heterocycles. The quantitative estimate of drug-likeness (QED) is 0.772. The average Bonchev–Trinajstić information content (AvgIpc) is 2.69. The Morgan fingerprint density at radius 2 is 2.38 bits per heavy atom. The van der Waals surface area contributed by atoms with E-state index in [0.29, 0.717) is 0 Å². The van der Waals surface area contributed by atoms with Gasteiger partial charge in [0.25, 0.3) is 0 Å². The van der Waals surface area contributed by atoms with Gasteiger partial charge in [-0.25, -0.2) is 4.98 Å². The lowest BCUT2D eigenvalue weighted by atomic mass is 10.1. The maximum absolute atomic E-state index is 10.8. The number of rotatable bonds is 6. The molecule has 0 saturated carbocycles. The molecule has 5 nitrogen and oxygen atoms in total. The van der Waals surface area contributed by atoms with E-state index < -0.39 is 16.8 Å². The van der Waals surface area contributed by atoms with Gasteiger partial charge in [0.15, 0.2) is 0 Å². The number of aliphatic carboxylic acids is 1. The number of carbonyl (C=O) groups is 1. The summed E-state index contributed by atoms with van der Waals surface area (Å²) in [6, 6.07) is -0.847. The van der Waals surface area contributed by atoms with E-state index in [4.69, 9.17) is 10.8 Å². The Bertz CT molecular complexity index is 338. The molecule has 0 bridgehead atoms. The van der Waals surface area contributed by atoms with Crippen molar-refractivity contribution < 1.29 is 9.90 Å².